The Morgan fingerprint density at radius 2 is 2.50 bits per heavy atom. The maximum atomic E-state index is 12.1. The van der Waals surface area contributed by atoms with Crippen molar-refractivity contribution in [3.63, 3.8) is 0 Å². The van der Waals surface area contributed by atoms with Crippen LogP contribution < -0.4 is 5.32 Å². The first-order valence-corrected chi connectivity index (χ1v) is 5.83. The van der Waals surface area contributed by atoms with Crippen molar-refractivity contribution in [2.75, 3.05) is 13.7 Å². The van der Waals surface area contributed by atoms with Crippen LogP contribution in [0.15, 0.2) is 4.99 Å². The first-order valence-electron chi connectivity index (χ1n) is 4.95. The van der Waals surface area contributed by atoms with E-state index in [9.17, 15) is 4.39 Å². The van der Waals surface area contributed by atoms with Gasteiger partial charge in [-0.2, -0.15) is 0 Å². The molecular formula is C9H15FN2OS. The molecule has 0 spiro atoms. The van der Waals surface area contributed by atoms with E-state index in [1.54, 1.807) is 18.8 Å². The topological polar surface area (TPSA) is 33.6 Å². The van der Waals surface area contributed by atoms with Crippen molar-refractivity contribution >= 4 is 16.9 Å². The zero-order chi connectivity index (χ0) is 9.97. The van der Waals surface area contributed by atoms with Gasteiger partial charge in [-0.25, -0.2) is 0 Å². The van der Waals surface area contributed by atoms with Crippen molar-refractivity contribution in [1.82, 2.24) is 5.32 Å². The molecule has 0 saturated carbocycles. The number of ether oxygens (including phenoxy) is 1. The average Bonchev–Trinajstić information content (AvgIpc) is 2.60. The van der Waals surface area contributed by atoms with Crippen molar-refractivity contribution < 1.29 is 9.13 Å². The van der Waals surface area contributed by atoms with E-state index in [4.69, 9.17) is 4.74 Å². The lowest BCUT2D eigenvalue weighted by atomic mass is 10.0. The van der Waals surface area contributed by atoms with E-state index in [0.717, 1.165) is 18.0 Å². The molecule has 2 aliphatic rings. The van der Waals surface area contributed by atoms with Gasteiger partial charge in [0.05, 0.1) is 18.8 Å². The van der Waals surface area contributed by atoms with Crippen molar-refractivity contribution in [1.29, 1.82) is 0 Å². The lowest BCUT2D eigenvalue weighted by molar-refractivity contribution is -0.0223. The molecule has 14 heavy (non-hydrogen) atoms. The number of alkyl halides is 1. The van der Waals surface area contributed by atoms with Gasteiger partial charge in [-0.1, -0.05) is 11.8 Å². The molecule has 2 saturated heterocycles. The van der Waals surface area contributed by atoms with Gasteiger partial charge < -0.3 is 10.1 Å². The van der Waals surface area contributed by atoms with E-state index in [2.05, 4.69) is 10.3 Å². The number of aliphatic imine (C=N–C) groups is 1. The summed E-state index contributed by atoms with van der Waals surface area (Å²) < 4.78 is 17.9. The van der Waals surface area contributed by atoms with Gasteiger partial charge in [0.2, 0.25) is 0 Å². The highest BCUT2D eigenvalue weighted by atomic mass is 32.2. The number of hydrogen-bond acceptors (Lipinski definition) is 3. The summed E-state index contributed by atoms with van der Waals surface area (Å²) in [6, 6.07) is 0.370. The summed E-state index contributed by atoms with van der Waals surface area (Å²) in [6.45, 7) is -0.283. The second kappa shape index (κ2) is 4.49. The van der Waals surface area contributed by atoms with Crippen LogP contribution in [0.25, 0.3) is 0 Å². The molecule has 0 aliphatic carbocycles. The van der Waals surface area contributed by atoms with Crippen molar-refractivity contribution in [3.05, 3.63) is 0 Å². The second-order valence-corrected chi connectivity index (χ2v) is 4.67. The molecule has 2 rings (SSSR count). The molecule has 2 heterocycles. The summed E-state index contributed by atoms with van der Waals surface area (Å²) in [5.41, 5.74) is 0.138. The van der Waals surface area contributed by atoms with E-state index >= 15 is 0 Å². The number of nitrogens with zero attached hydrogens (tertiary/aromatic N) is 1. The smallest absolute Gasteiger partial charge is 0.159 e. The van der Waals surface area contributed by atoms with Gasteiger partial charge in [0, 0.05) is 13.5 Å². The van der Waals surface area contributed by atoms with Crippen LogP contribution in [0, 0.1) is 0 Å². The van der Waals surface area contributed by atoms with Gasteiger partial charge in [0.1, 0.15) is 5.44 Å². The van der Waals surface area contributed by atoms with Gasteiger partial charge >= 0.3 is 0 Å². The number of thioether (sulfide) groups is 1. The predicted molar refractivity (Wildman–Crippen MR) is 56.4 cm³/mol. The third-order valence-corrected chi connectivity index (χ3v) is 3.82. The third kappa shape index (κ3) is 2.03. The Bertz CT molecular complexity index is 237. The molecule has 0 amide bonds. The Balaban J connectivity index is 1.91. The molecule has 0 radical (unpaired) electrons. The number of halogens is 1. The molecule has 0 bridgehead atoms. The van der Waals surface area contributed by atoms with Crippen molar-refractivity contribution in [3.8, 4) is 0 Å². The molecule has 0 unspecified atom stereocenters. The molecule has 1 N–H and O–H groups in total. The molecule has 80 valence electrons. The van der Waals surface area contributed by atoms with Gasteiger partial charge in [0.25, 0.3) is 0 Å². The maximum absolute atomic E-state index is 12.1. The van der Waals surface area contributed by atoms with Crippen LogP contribution in [0.3, 0.4) is 0 Å². The number of amidine groups is 1. The van der Waals surface area contributed by atoms with E-state index in [1.807, 2.05) is 0 Å². The van der Waals surface area contributed by atoms with Gasteiger partial charge in [-0.15, -0.1) is 0 Å². The molecule has 5 heteroatoms. The number of rotatable bonds is 2. The monoisotopic (exact) mass is 218 g/mol. The minimum Gasteiger partial charge on any atom is -0.362 e. The number of nitrogens with one attached hydrogen (secondary N) is 1. The highest BCUT2D eigenvalue weighted by Crippen LogP contribution is 2.33. The first kappa shape index (κ1) is 10.2. The Labute approximate surface area is 87.5 Å². The van der Waals surface area contributed by atoms with Crippen LogP contribution in [0.5, 0.6) is 0 Å². The summed E-state index contributed by atoms with van der Waals surface area (Å²) in [5, 5.41) is 4.24. The summed E-state index contributed by atoms with van der Waals surface area (Å²) in [4.78, 5) is 4.10. The van der Waals surface area contributed by atoms with Crippen LogP contribution in [-0.2, 0) is 4.74 Å². The highest BCUT2D eigenvalue weighted by molar-refractivity contribution is 8.14. The van der Waals surface area contributed by atoms with Gasteiger partial charge in [-0.05, 0) is 12.8 Å². The van der Waals surface area contributed by atoms with Crippen LogP contribution >= 0.6 is 11.8 Å². The maximum Gasteiger partial charge on any atom is 0.159 e. The quantitative estimate of drug-likeness (QED) is 0.763. The predicted octanol–water partition coefficient (Wildman–Crippen LogP) is 1.54. The SMILES string of the molecule is CN=C1N[C@@H]2CC[C@H](CCF)O[C@@H]2S1. The molecule has 2 fully saturated rings. The molecule has 0 aromatic rings. The van der Waals surface area contributed by atoms with Crippen LogP contribution in [0.1, 0.15) is 19.3 Å². The van der Waals surface area contributed by atoms with E-state index < -0.39 is 0 Å². The molecule has 3 atom stereocenters. The Kier molecular flexibility index (Phi) is 3.28. The molecular weight excluding hydrogens is 203 g/mol. The first-order chi connectivity index (χ1) is 6.83. The summed E-state index contributed by atoms with van der Waals surface area (Å²) in [5.74, 6) is 0. The fourth-order valence-corrected chi connectivity index (χ4v) is 2.98. The Morgan fingerprint density at radius 3 is 3.21 bits per heavy atom. The minimum atomic E-state index is -0.283. The largest absolute Gasteiger partial charge is 0.362 e. The van der Waals surface area contributed by atoms with Gasteiger partial charge in [-0.3, -0.25) is 9.38 Å². The standard InChI is InChI=1S/C9H15FN2OS/c1-11-9-12-7-3-2-6(4-5-10)13-8(7)14-9/h6-8H,2-5H2,1H3,(H,11,12)/t6-,7-,8-/m1/s1. The molecule has 0 aromatic heterocycles. The fraction of sp³-hybridized carbons (Fsp3) is 0.889. The minimum absolute atomic E-state index is 0.103. The zero-order valence-electron chi connectivity index (χ0n) is 8.20. The summed E-state index contributed by atoms with van der Waals surface area (Å²) in [7, 11) is 1.77. The van der Waals surface area contributed by atoms with Gasteiger partial charge in [0.15, 0.2) is 5.17 Å². The highest BCUT2D eigenvalue weighted by Gasteiger charge is 2.37. The fourth-order valence-electron chi connectivity index (χ4n) is 1.86. The average molecular weight is 218 g/mol. The van der Waals surface area contributed by atoms with Crippen LogP contribution in [0.2, 0.25) is 0 Å². The summed E-state index contributed by atoms with van der Waals surface area (Å²) >= 11 is 1.62. The second-order valence-electron chi connectivity index (χ2n) is 3.58. The lowest BCUT2D eigenvalue weighted by Crippen LogP contribution is -2.40. The van der Waals surface area contributed by atoms with Crippen molar-refractivity contribution in [2.45, 2.75) is 36.8 Å². The molecule has 2 aliphatic heterocycles. The zero-order valence-corrected chi connectivity index (χ0v) is 9.02. The van der Waals surface area contributed by atoms with E-state index in [-0.39, 0.29) is 18.2 Å². The Hall–Kier alpha value is -0.290. The van der Waals surface area contributed by atoms with E-state index in [1.165, 1.54) is 0 Å². The summed E-state index contributed by atoms with van der Waals surface area (Å²) in [6.07, 6.45) is 2.64. The third-order valence-electron chi connectivity index (χ3n) is 2.63. The molecule has 3 nitrogen and oxygen atoms in total. The van der Waals surface area contributed by atoms with Crippen LogP contribution in [-0.4, -0.2) is 36.5 Å². The number of fused-ring (bicyclic) bond motifs is 1. The van der Waals surface area contributed by atoms with Crippen molar-refractivity contribution in [2.24, 2.45) is 4.99 Å². The van der Waals surface area contributed by atoms with Crippen LogP contribution in [0.4, 0.5) is 4.39 Å². The number of hydrogen-bond donors (Lipinski definition) is 1. The molecule has 0 aromatic carbocycles. The Morgan fingerprint density at radius 1 is 1.64 bits per heavy atom. The normalized spacial score (nSPS) is 39.6. The lowest BCUT2D eigenvalue weighted by Gasteiger charge is -2.30. The van der Waals surface area contributed by atoms with E-state index in [0.29, 0.717) is 12.5 Å².